The topological polar surface area (TPSA) is 90.7 Å². The van der Waals surface area contributed by atoms with Crippen LogP contribution in [-0.2, 0) is 12.2 Å². The van der Waals surface area contributed by atoms with Gasteiger partial charge in [0.05, 0.1) is 11.1 Å². The van der Waals surface area contributed by atoms with Crippen molar-refractivity contribution in [3.05, 3.63) is 22.2 Å². The summed E-state index contributed by atoms with van der Waals surface area (Å²) in [6, 6.07) is 0. The molecule has 6 nitrogen and oxygen atoms in total. The van der Waals surface area contributed by atoms with Crippen LogP contribution in [0.5, 0.6) is 0 Å². The van der Waals surface area contributed by atoms with E-state index >= 15 is 0 Å². The number of nitrogens with two attached hydrogens (primary N) is 1. The van der Waals surface area contributed by atoms with Crippen LogP contribution in [0.15, 0.2) is 9.68 Å². The van der Waals surface area contributed by atoms with Crippen LogP contribution in [0.1, 0.15) is 35.5 Å². The molecule has 22 heavy (non-hydrogen) atoms. The number of nitrogen functional groups attached to an aromatic ring is 1. The van der Waals surface area contributed by atoms with Crippen molar-refractivity contribution < 1.29 is 4.52 Å². The lowest BCUT2D eigenvalue weighted by molar-refractivity contribution is 0.384. The second kappa shape index (κ2) is 6.21. The van der Waals surface area contributed by atoms with Crippen molar-refractivity contribution in [1.82, 2.24) is 20.1 Å². The normalized spacial score (nSPS) is 11.4. The number of hydrogen-bond acceptors (Lipinski definition) is 8. The molecule has 0 unspecified atom stereocenters. The molecule has 0 amide bonds. The number of aromatic nitrogens is 4. The van der Waals surface area contributed by atoms with Gasteiger partial charge in [-0.3, -0.25) is 0 Å². The van der Waals surface area contributed by atoms with Gasteiger partial charge >= 0.3 is 0 Å². The van der Waals surface area contributed by atoms with Crippen LogP contribution >= 0.6 is 23.1 Å². The number of fused-ring (bicyclic) bond motifs is 1. The van der Waals surface area contributed by atoms with Crippen LogP contribution in [0.25, 0.3) is 10.2 Å². The molecule has 0 aliphatic heterocycles. The van der Waals surface area contributed by atoms with Gasteiger partial charge in [0.15, 0.2) is 11.0 Å². The number of rotatable bonds is 5. The Balaban J connectivity index is 1.78. The van der Waals surface area contributed by atoms with E-state index in [-0.39, 0.29) is 0 Å². The molecule has 2 N–H and O–H groups in total. The van der Waals surface area contributed by atoms with Gasteiger partial charge in [0, 0.05) is 11.3 Å². The van der Waals surface area contributed by atoms with E-state index in [1.807, 2.05) is 0 Å². The highest BCUT2D eigenvalue weighted by Gasteiger charge is 2.14. The minimum atomic E-state index is 0.534. The van der Waals surface area contributed by atoms with Crippen molar-refractivity contribution in [3.8, 4) is 0 Å². The van der Waals surface area contributed by atoms with E-state index in [1.54, 1.807) is 11.3 Å². The standard InChI is InChI=1S/C14H17N5OS2/c1-4-5-9-16-10(20-19-9)6-21-14-17-12(15)11-7(2)8(3)22-13(11)18-14/h4-6H2,1-3H3,(H2,15,17,18). The predicted octanol–water partition coefficient (Wildman–Crippen LogP) is 3.52. The van der Waals surface area contributed by atoms with Crippen LogP contribution in [0.3, 0.4) is 0 Å². The highest BCUT2D eigenvalue weighted by Crippen LogP contribution is 2.33. The summed E-state index contributed by atoms with van der Waals surface area (Å²) in [6.07, 6.45) is 1.83. The summed E-state index contributed by atoms with van der Waals surface area (Å²) in [5, 5.41) is 5.55. The van der Waals surface area contributed by atoms with Gasteiger partial charge in [-0.2, -0.15) is 4.98 Å². The van der Waals surface area contributed by atoms with Gasteiger partial charge in [-0.05, 0) is 25.8 Å². The molecule has 0 radical (unpaired) electrons. The molecule has 0 spiro atoms. The summed E-state index contributed by atoms with van der Waals surface area (Å²) < 4.78 is 5.21. The van der Waals surface area contributed by atoms with E-state index in [4.69, 9.17) is 10.3 Å². The summed E-state index contributed by atoms with van der Waals surface area (Å²) in [4.78, 5) is 15.4. The maximum Gasteiger partial charge on any atom is 0.237 e. The summed E-state index contributed by atoms with van der Waals surface area (Å²) in [6.45, 7) is 6.21. The SMILES string of the molecule is CCCc1noc(CSc2nc(N)c3c(C)c(C)sc3n2)n1. The second-order valence-electron chi connectivity index (χ2n) is 5.00. The van der Waals surface area contributed by atoms with Crippen molar-refractivity contribution in [1.29, 1.82) is 0 Å². The van der Waals surface area contributed by atoms with Crippen molar-refractivity contribution >= 4 is 39.1 Å². The zero-order valence-electron chi connectivity index (χ0n) is 12.7. The number of thiophene rings is 1. The van der Waals surface area contributed by atoms with Gasteiger partial charge in [0.2, 0.25) is 5.89 Å². The first kappa shape index (κ1) is 15.2. The molecule has 0 aromatic carbocycles. The van der Waals surface area contributed by atoms with Gasteiger partial charge in [0.25, 0.3) is 0 Å². The minimum Gasteiger partial charge on any atom is -0.383 e. The summed E-state index contributed by atoms with van der Waals surface area (Å²) >= 11 is 3.10. The Bertz CT molecular complexity index is 811. The average Bonchev–Trinajstić information content (AvgIpc) is 3.03. The summed E-state index contributed by atoms with van der Waals surface area (Å²) in [5.74, 6) is 2.42. The monoisotopic (exact) mass is 335 g/mol. The molecule has 3 heterocycles. The molecule has 116 valence electrons. The third-order valence-corrected chi connectivity index (χ3v) is 5.28. The fourth-order valence-corrected chi connectivity index (χ4v) is 3.91. The first-order chi connectivity index (χ1) is 10.6. The molecule has 0 saturated heterocycles. The molecule has 0 atom stereocenters. The maximum atomic E-state index is 6.07. The molecule has 0 fully saturated rings. The van der Waals surface area contributed by atoms with Gasteiger partial charge in [-0.25, -0.2) is 9.97 Å². The molecule has 8 heteroatoms. The lowest BCUT2D eigenvalue weighted by atomic mass is 10.2. The molecule has 0 bridgehead atoms. The van der Waals surface area contributed by atoms with Gasteiger partial charge in [-0.1, -0.05) is 23.8 Å². The highest BCUT2D eigenvalue weighted by molar-refractivity contribution is 7.98. The average molecular weight is 335 g/mol. The molecule has 0 saturated carbocycles. The van der Waals surface area contributed by atoms with Crippen molar-refractivity contribution in [3.63, 3.8) is 0 Å². The molecular formula is C14H17N5OS2. The zero-order valence-corrected chi connectivity index (χ0v) is 14.3. The Kier molecular flexibility index (Phi) is 4.30. The van der Waals surface area contributed by atoms with Gasteiger partial charge < -0.3 is 10.3 Å². The Morgan fingerprint density at radius 1 is 1.23 bits per heavy atom. The molecular weight excluding hydrogens is 318 g/mol. The van der Waals surface area contributed by atoms with Crippen LogP contribution in [0.2, 0.25) is 0 Å². The lowest BCUT2D eigenvalue weighted by Gasteiger charge is -2.01. The molecule has 3 aromatic rings. The Morgan fingerprint density at radius 2 is 2.05 bits per heavy atom. The second-order valence-corrected chi connectivity index (χ2v) is 7.14. The molecule has 0 aliphatic carbocycles. The smallest absolute Gasteiger partial charge is 0.237 e. The van der Waals surface area contributed by atoms with Crippen molar-refractivity contribution in [2.75, 3.05) is 5.73 Å². The third kappa shape index (κ3) is 2.93. The Labute approximate surface area is 136 Å². The molecule has 0 aliphatic rings. The quantitative estimate of drug-likeness (QED) is 0.563. The van der Waals surface area contributed by atoms with E-state index in [1.165, 1.54) is 16.6 Å². The van der Waals surface area contributed by atoms with Crippen molar-refractivity contribution in [2.45, 2.75) is 44.5 Å². The summed E-state index contributed by atoms with van der Waals surface area (Å²) in [5.41, 5.74) is 7.24. The van der Waals surface area contributed by atoms with E-state index in [0.717, 1.165) is 34.4 Å². The fourth-order valence-electron chi connectivity index (χ4n) is 2.12. The van der Waals surface area contributed by atoms with E-state index < -0.39 is 0 Å². The van der Waals surface area contributed by atoms with Crippen LogP contribution < -0.4 is 5.73 Å². The first-order valence-corrected chi connectivity index (χ1v) is 8.86. The molecule has 3 rings (SSSR count). The third-order valence-electron chi connectivity index (χ3n) is 3.34. The van der Waals surface area contributed by atoms with Crippen LogP contribution in [0.4, 0.5) is 5.82 Å². The predicted molar refractivity (Wildman–Crippen MR) is 89.2 cm³/mol. The lowest BCUT2D eigenvalue weighted by Crippen LogP contribution is -1.96. The Morgan fingerprint density at radius 3 is 2.82 bits per heavy atom. The van der Waals surface area contributed by atoms with E-state index in [0.29, 0.717) is 22.6 Å². The number of anilines is 1. The molecule has 3 aromatic heterocycles. The number of hydrogen-bond donors (Lipinski definition) is 1. The largest absolute Gasteiger partial charge is 0.383 e. The fraction of sp³-hybridized carbons (Fsp3) is 0.429. The van der Waals surface area contributed by atoms with Crippen LogP contribution in [-0.4, -0.2) is 20.1 Å². The number of aryl methyl sites for hydroxylation is 3. The Hall–Kier alpha value is -1.67. The first-order valence-electron chi connectivity index (χ1n) is 7.06. The van der Waals surface area contributed by atoms with Gasteiger partial charge in [0.1, 0.15) is 10.6 Å². The van der Waals surface area contributed by atoms with Gasteiger partial charge in [-0.15, -0.1) is 11.3 Å². The van der Waals surface area contributed by atoms with E-state index in [9.17, 15) is 0 Å². The summed E-state index contributed by atoms with van der Waals surface area (Å²) in [7, 11) is 0. The minimum absolute atomic E-state index is 0.534. The highest BCUT2D eigenvalue weighted by atomic mass is 32.2. The van der Waals surface area contributed by atoms with Crippen LogP contribution in [0, 0.1) is 13.8 Å². The van der Waals surface area contributed by atoms with Crippen molar-refractivity contribution in [2.24, 2.45) is 0 Å². The zero-order chi connectivity index (χ0) is 15.7. The maximum absolute atomic E-state index is 6.07. The number of nitrogens with zero attached hydrogens (tertiary/aromatic N) is 4. The van der Waals surface area contributed by atoms with E-state index in [2.05, 4.69) is 40.9 Å². The number of thioether (sulfide) groups is 1.